The number of amides is 3. The van der Waals surface area contributed by atoms with Crippen LogP contribution >= 0.6 is 0 Å². The minimum Gasteiger partial charge on any atom is -0.507 e. The van der Waals surface area contributed by atoms with Gasteiger partial charge in [0.15, 0.2) is 0 Å². The first kappa shape index (κ1) is 24.2. The first-order chi connectivity index (χ1) is 16.5. The molecule has 0 aliphatic carbocycles. The SMILES string of the molecule is O=C(Nc1ccccc1C(=O)NCCCO)/C(=C\c1ccccc1O)NC(=O)c1ccccc1. The first-order valence-electron chi connectivity index (χ1n) is 10.6. The van der Waals surface area contributed by atoms with Gasteiger partial charge in [-0.15, -0.1) is 0 Å². The van der Waals surface area contributed by atoms with Crippen LogP contribution in [-0.2, 0) is 4.79 Å². The fraction of sp³-hybridized carbons (Fsp3) is 0.115. The van der Waals surface area contributed by atoms with Gasteiger partial charge < -0.3 is 26.2 Å². The van der Waals surface area contributed by atoms with E-state index in [1.165, 1.54) is 12.1 Å². The van der Waals surface area contributed by atoms with Gasteiger partial charge in [-0.1, -0.05) is 48.5 Å². The molecule has 174 valence electrons. The van der Waals surface area contributed by atoms with Crippen molar-refractivity contribution < 1.29 is 24.6 Å². The lowest BCUT2D eigenvalue weighted by Gasteiger charge is -2.14. The molecule has 3 rings (SSSR count). The highest BCUT2D eigenvalue weighted by atomic mass is 16.3. The molecule has 8 heteroatoms. The van der Waals surface area contributed by atoms with E-state index in [2.05, 4.69) is 16.0 Å². The summed E-state index contributed by atoms with van der Waals surface area (Å²) in [6, 6.07) is 21.2. The second kappa shape index (κ2) is 12.0. The predicted octanol–water partition coefficient (Wildman–Crippen LogP) is 2.91. The number of hydrogen-bond donors (Lipinski definition) is 5. The van der Waals surface area contributed by atoms with Gasteiger partial charge in [0.2, 0.25) is 0 Å². The van der Waals surface area contributed by atoms with Crippen molar-refractivity contribution in [3.05, 3.63) is 101 Å². The maximum absolute atomic E-state index is 13.2. The van der Waals surface area contributed by atoms with Gasteiger partial charge in [-0.2, -0.15) is 0 Å². The van der Waals surface area contributed by atoms with Gasteiger partial charge in [-0.3, -0.25) is 14.4 Å². The molecule has 0 aliphatic heterocycles. The van der Waals surface area contributed by atoms with Gasteiger partial charge in [0.25, 0.3) is 17.7 Å². The predicted molar refractivity (Wildman–Crippen MR) is 129 cm³/mol. The number of nitrogens with one attached hydrogen (secondary N) is 3. The van der Waals surface area contributed by atoms with E-state index < -0.39 is 17.7 Å². The van der Waals surface area contributed by atoms with Crippen molar-refractivity contribution in [1.82, 2.24) is 10.6 Å². The van der Waals surface area contributed by atoms with E-state index in [0.29, 0.717) is 17.5 Å². The Morgan fingerprint density at radius 3 is 2.24 bits per heavy atom. The van der Waals surface area contributed by atoms with Crippen LogP contribution in [0.1, 0.15) is 32.7 Å². The van der Waals surface area contributed by atoms with Crippen LogP contribution in [-0.4, -0.2) is 41.1 Å². The van der Waals surface area contributed by atoms with E-state index >= 15 is 0 Å². The fourth-order valence-electron chi connectivity index (χ4n) is 3.06. The zero-order valence-corrected chi connectivity index (χ0v) is 18.3. The zero-order chi connectivity index (χ0) is 24.3. The Hall–Kier alpha value is -4.43. The minimum absolute atomic E-state index is 0.0553. The third kappa shape index (κ3) is 6.54. The lowest BCUT2D eigenvalue weighted by molar-refractivity contribution is -0.113. The molecule has 0 fully saturated rings. The molecule has 0 spiro atoms. The average Bonchev–Trinajstić information content (AvgIpc) is 2.85. The van der Waals surface area contributed by atoms with Crippen molar-refractivity contribution in [2.45, 2.75) is 6.42 Å². The summed E-state index contributed by atoms with van der Waals surface area (Å²) < 4.78 is 0. The molecule has 0 saturated heterocycles. The van der Waals surface area contributed by atoms with Crippen LogP contribution in [0.4, 0.5) is 5.69 Å². The number of aliphatic hydroxyl groups excluding tert-OH is 1. The Balaban J connectivity index is 1.89. The largest absolute Gasteiger partial charge is 0.507 e. The van der Waals surface area contributed by atoms with Crippen molar-refractivity contribution in [2.75, 3.05) is 18.5 Å². The molecular weight excluding hydrogens is 434 g/mol. The van der Waals surface area contributed by atoms with Crippen LogP contribution in [0.25, 0.3) is 6.08 Å². The molecule has 0 radical (unpaired) electrons. The monoisotopic (exact) mass is 459 g/mol. The average molecular weight is 460 g/mol. The smallest absolute Gasteiger partial charge is 0.272 e. The first-order valence-corrected chi connectivity index (χ1v) is 10.6. The molecular formula is C26H25N3O5. The summed E-state index contributed by atoms with van der Waals surface area (Å²) >= 11 is 0. The molecule has 0 atom stereocenters. The van der Waals surface area contributed by atoms with Crippen LogP contribution in [0.2, 0.25) is 0 Å². The number of aliphatic hydroxyl groups is 1. The Bertz CT molecular complexity index is 1190. The molecule has 0 bridgehead atoms. The van der Waals surface area contributed by atoms with Gasteiger partial charge in [-0.25, -0.2) is 0 Å². The van der Waals surface area contributed by atoms with E-state index in [4.69, 9.17) is 5.11 Å². The highest BCUT2D eigenvalue weighted by molar-refractivity contribution is 6.13. The zero-order valence-electron chi connectivity index (χ0n) is 18.3. The number of hydrogen-bond acceptors (Lipinski definition) is 5. The molecule has 3 aromatic carbocycles. The highest BCUT2D eigenvalue weighted by Gasteiger charge is 2.18. The second-order valence-corrected chi connectivity index (χ2v) is 7.27. The molecule has 8 nitrogen and oxygen atoms in total. The lowest BCUT2D eigenvalue weighted by Crippen LogP contribution is -2.32. The van der Waals surface area contributed by atoms with Crippen molar-refractivity contribution in [2.24, 2.45) is 0 Å². The molecule has 34 heavy (non-hydrogen) atoms. The van der Waals surface area contributed by atoms with Crippen molar-refractivity contribution in [3.63, 3.8) is 0 Å². The summed E-state index contributed by atoms with van der Waals surface area (Å²) in [4.78, 5) is 38.4. The molecule has 0 saturated carbocycles. The van der Waals surface area contributed by atoms with E-state index in [-0.39, 0.29) is 35.8 Å². The van der Waals surface area contributed by atoms with Crippen molar-refractivity contribution >= 4 is 29.5 Å². The molecule has 3 amide bonds. The Morgan fingerprint density at radius 1 is 0.824 bits per heavy atom. The molecule has 3 aromatic rings. The summed E-state index contributed by atoms with van der Waals surface area (Å²) in [6.07, 6.45) is 1.76. The van der Waals surface area contributed by atoms with Crippen molar-refractivity contribution in [3.8, 4) is 5.75 Å². The second-order valence-electron chi connectivity index (χ2n) is 7.27. The minimum atomic E-state index is -0.678. The standard InChI is InChI=1S/C26H25N3O5/c30-16-8-15-27-25(33)20-12-5-6-13-21(20)28-26(34)22(17-19-11-4-7-14-23(19)31)29-24(32)18-9-2-1-3-10-18/h1-7,9-14,17,30-31H,8,15-16H2,(H,27,33)(H,28,34)(H,29,32)/b22-17+. The number of carbonyl (C=O) groups excluding carboxylic acids is 3. The maximum Gasteiger partial charge on any atom is 0.272 e. The number of aromatic hydroxyl groups is 1. The molecule has 0 aromatic heterocycles. The molecule has 0 heterocycles. The summed E-state index contributed by atoms with van der Waals surface area (Å²) in [5.74, 6) is -1.66. The number of phenols is 1. The number of rotatable bonds is 9. The van der Waals surface area contributed by atoms with E-state index in [9.17, 15) is 19.5 Å². The van der Waals surface area contributed by atoms with Gasteiger partial charge in [-0.05, 0) is 42.8 Å². The van der Waals surface area contributed by atoms with Gasteiger partial charge in [0, 0.05) is 24.3 Å². The quantitative estimate of drug-likeness (QED) is 0.248. The normalized spacial score (nSPS) is 10.9. The van der Waals surface area contributed by atoms with Crippen LogP contribution in [0, 0.1) is 0 Å². The summed E-state index contributed by atoms with van der Waals surface area (Å²) in [5, 5.41) is 27.0. The van der Waals surface area contributed by atoms with E-state index in [0.717, 1.165) is 0 Å². The van der Waals surface area contributed by atoms with Crippen LogP contribution in [0.3, 0.4) is 0 Å². The van der Waals surface area contributed by atoms with Gasteiger partial charge in [0.05, 0.1) is 11.3 Å². The Kier molecular flexibility index (Phi) is 8.54. The lowest BCUT2D eigenvalue weighted by atomic mass is 10.1. The number of benzene rings is 3. The fourth-order valence-corrected chi connectivity index (χ4v) is 3.06. The Morgan fingerprint density at radius 2 is 1.50 bits per heavy atom. The third-order valence-electron chi connectivity index (χ3n) is 4.81. The summed E-state index contributed by atoms with van der Waals surface area (Å²) in [7, 11) is 0. The van der Waals surface area contributed by atoms with Crippen LogP contribution in [0.15, 0.2) is 84.6 Å². The molecule has 0 unspecified atom stereocenters. The number of anilines is 1. The van der Waals surface area contributed by atoms with Gasteiger partial charge >= 0.3 is 0 Å². The van der Waals surface area contributed by atoms with E-state index in [1.807, 2.05) is 0 Å². The number of phenolic OH excluding ortho intramolecular Hbond substituents is 1. The maximum atomic E-state index is 13.2. The number of carbonyl (C=O) groups is 3. The van der Waals surface area contributed by atoms with Crippen LogP contribution < -0.4 is 16.0 Å². The topological polar surface area (TPSA) is 128 Å². The molecule has 5 N–H and O–H groups in total. The summed E-state index contributed by atoms with van der Waals surface area (Å²) in [6.45, 7) is 0.226. The van der Waals surface area contributed by atoms with Crippen LogP contribution in [0.5, 0.6) is 5.75 Å². The molecule has 0 aliphatic rings. The summed E-state index contributed by atoms with van der Waals surface area (Å²) in [5.41, 5.74) is 1.03. The highest BCUT2D eigenvalue weighted by Crippen LogP contribution is 2.20. The van der Waals surface area contributed by atoms with E-state index in [1.54, 1.807) is 72.8 Å². The van der Waals surface area contributed by atoms with Crippen molar-refractivity contribution in [1.29, 1.82) is 0 Å². The Labute approximate surface area is 196 Å². The number of para-hydroxylation sites is 2. The van der Waals surface area contributed by atoms with Gasteiger partial charge in [0.1, 0.15) is 11.4 Å². The third-order valence-corrected chi connectivity index (χ3v) is 4.81.